The summed E-state index contributed by atoms with van der Waals surface area (Å²) in [5, 5.41) is 11.1. The van der Waals surface area contributed by atoms with E-state index in [1.807, 2.05) is 25.7 Å². The topological polar surface area (TPSA) is 68.8 Å². The number of nitrogens with one attached hydrogen (secondary N) is 3. The Bertz CT molecular complexity index is 609. The predicted octanol–water partition coefficient (Wildman–Crippen LogP) is 1.85. The van der Waals surface area contributed by atoms with Crippen LogP contribution >= 0.6 is 0 Å². The number of hydrogen-bond donors (Lipinski definition) is 3. The van der Waals surface area contributed by atoms with E-state index in [9.17, 15) is 4.79 Å². The largest absolute Gasteiger partial charge is 0.380 e. The lowest BCUT2D eigenvalue weighted by atomic mass is 10.1. The van der Waals surface area contributed by atoms with Gasteiger partial charge in [-0.25, -0.2) is 5.43 Å². The molecule has 132 valence electrons. The average molecular weight is 331 g/mol. The van der Waals surface area contributed by atoms with Gasteiger partial charge in [0.05, 0.1) is 6.04 Å². The zero-order valence-electron chi connectivity index (χ0n) is 15.4. The summed E-state index contributed by atoms with van der Waals surface area (Å²) in [6, 6.07) is 0.128. The lowest BCUT2D eigenvalue weighted by Gasteiger charge is -2.36. The lowest BCUT2D eigenvalue weighted by molar-refractivity contribution is -0.124. The van der Waals surface area contributed by atoms with Gasteiger partial charge in [-0.2, -0.15) is 5.10 Å². The van der Waals surface area contributed by atoms with Gasteiger partial charge in [0.1, 0.15) is 11.9 Å². The number of allylic oxidation sites excluding steroid dienone is 3. The molecule has 1 atom stereocenters. The zero-order chi connectivity index (χ0) is 17.9. The quantitative estimate of drug-likeness (QED) is 0.650. The van der Waals surface area contributed by atoms with Crippen LogP contribution in [0.15, 0.2) is 40.3 Å². The monoisotopic (exact) mass is 331 g/mol. The van der Waals surface area contributed by atoms with Gasteiger partial charge in [0, 0.05) is 30.9 Å². The standard InChI is InChI=1S/C18H29N5O/c1-7-17-21-22-18(24)13(6)23(17)16(12(4)5)8-15(11(2)3)20-14-9-19-10-14/h8,13-14,19-20H,4,7,9-10H2,1-3,5-6H3,(H,22,24)/b16-8+. The van der Waals surface area contributed by atoms with Crippen LogP contribution in [0.3, 0.4) is 0 Å². The molecule has 0 aromatic heterocycles. The maximum atomic E-state index is 12.1. The van der Waals surface area contributed by atoms with Gasteiger partial charge >= 0.3 is 0 Å². The van der Waals surface area contributed by atoms with Crippen LogP contribution in [0, 0.1) is 0 Å². The molecule has 1 saturated heterocycles. The number of rotatable bonds is 6. The van der Waals surface area contributed by atoms with Crippen molar-refractivity contribution in [3.05, 3.63) is 35.2 Å². The maximum Gasteiger partial charge on any atom is 0.262 e. The Labute approximate surface area is 144 Å². The highest BCUT2D eigenvalue weighted by atomic mass is 16.2. The summed E-state index contributed by atoms with van der Waals surface area (Å²) in [5.41, 5.74) is 6.71. The van der Waals surface area contributed by atoms with E-state index in [1.165, 1.54) is 5.57 Å². The Balaban J connectivity index is 2.40. The third-order valence-corrected chi connectivity index (χ3v) is 4.31. The number of amidine groups is 1. The second-order valence-corrected chi connectivity index (χ2v) is 6.63. The fraction of sp³-hybridized carbons (Fsp3) is 0.556. The van der Waals surface area contributed by atoms with Crippen LogP contribution in [0.4, 0.5) is 0 Å². The molecular formula is C18H29N5O. The van der Waals surface area contributed by atoms with Crippen molar-refractivity contribution in [2.75, 3.05) is 13.1 Å². The van der Waals surface area contributed by atoms with Crippen LogP contribution in [0.1, 0.15) is 41.0 Å². The van der Waals surface area contributed by atoms with Crippen LogP contribution in [0.25, 0.3) is 0 Å². The molecule has 2 aliphatic rings. The Morgan fingerprint density at radius 2 is 2.08 bits per heavy atom. The normalized spacial score (nSPS) is 21.6. The number of carbonyl (C=O) groups is 1. The average Bonchev–Trinajstić information content (AvgIpc) is 2.48. The van der Waals surface area contributed by atoms with E-state index in [0.717, 1.165) is 42.3 Å². The van der Waals surface area contributed by atoms with Crippen molar-refractivity contribution in [3.63, 3.8) is 0 Å². The van der Waals surface area contributed by atoms with Crippen molar-refractivity contribution in [1.82, 2.24) is 21.0 Å². The molecule has 0 aromatic carbocycles. The molecule has 2 heterocycles. The molecule has 0 saturated carbocycles. The highest BCUT2D eigenvalue weighted by Crippen LogP contribution is 2.23. The third kappa shape index (κ3) is 3.87. The first-order chi connectivity index (χ1) is 11.3. The van der Waals surface area contributed by atoms with Gasteiger partial charge in [0.15, 0.2) is 0 Å². The molecule has 24 heavy (non-hydrogen) atoms. The van der Waals surface area contributed by atoms with E-state index in [4.69, 9.17) is 0 Å². The van der Waals surface area contributed by atoms with Crippen LogP contribution in [0.2, 0.25) is 0 Å². The fourth-order valence-corrected chi connectivity index (χ4v) is 2.68. The first kappa shape index (κ1) is 18.3. The number of carbonyl (C=O) groups excluding carboxylic acids is 1. The molecule has 3 N–H and O–H groups in total. The van der Waals surface area contributed by atoms with Crippen LogP contribution in [0.5, 0.6) is 0 Å². The minimum atomic E-state index is -0.316. The Kier molecular flexibility index (Phi) is 5.83. The van der Waals surface area contributed by atoms with Crippen molar-refractivity contribution in [2.45, 2.75) is 53.1 Å². The molecule has 6 nitrogen and oxygen atoms in total. The molecule has 2 aliphatic heterocycles. The summed E-state index contributed by atoms with van der Waals surface area (Å²) in [4.78, 5) is 14.1. The summed E-state index contributed by atoms with van der Waals surface area (Å²) in [6.07, 6.45) is 2.83. The number of hydrogen-bond acceptors (Lipinski definition) is 5. The first-order valence-electron chi connectivity index (χ1n) is 8.53. The molecular weight excluding hydrogens is 302 g/mol. The second-order valence-electron chi connectivity index (χ2n) is 6.63. The molecule has 6 heteroatoms. The second kappa shape index (κ2) is 7.66. The Hall–Kier alpha value is -2.08. The Morgan fingerprint density at radius 3 is 2.54 bits per heavy atom. The van der Waals surface area contributed by atoms with E-state index in [0.29, 0.717) is 6.04 Å². The third-order valence-electron chi connectivity index (χ3n) is 4.31. The molecule has 0 bridgehead atoms. The van der Waals surface area contributed by atoms with Gasteiger partial charge in [-0.3, -0.25) is 4.79 Å². The highest BCUT2D eigenvalue weighted by molar-refractivity contribution is 5.95. The van der Waals surface area contributed by atoms with E-state index < -0.39 is 0 Å². The van der Waals surface area contributed by atoms with Gasteiger partial charge in [-0.1, -0.05) is 19.1 Å². The lowest BCUT2D eigenvalue weighted by Crippen LogP contribution is -2.55. The van der Waals surface area contributed by atoms with Gasteiger partial charge in [-0.15, -0.1) is 0 Å². The van der Waals surface area contributed by atoms with Crippen LogP contribution in [-0.4, -0.2) is 41.8 Å². The maximum absolute atomic E-state index is 12.1. The Morgan fingerprint density at radius 1 is 1.42 bits per heavy atom. The molecule has 0 radical (unpaired) electrons. The molecule has 1 amide bonds. The molecule has 0 spiro atoms. The summed E-state index contributed by atoms with van der Waals surface area (Å²) in [5.74, 6) is 0.740. The van der Waals surface area contributed by atoms with Crippen LogP contribution in [-0.2, 0) is 4.79 Å². The SMILES string of the molecule is C=C(C)/C(=C\C(NC1CNC1)=C(C)C)N1C(CC)=NNC(=O)C1C. The molecule has 0 aliphatic carbocycles. The fourth-order valence-electron chi connectivity index (χ4n) is 2.68. The predicted molar refractivity (Wildman–Crippen MR) is 98.2 cm³/mol. The van der Waals surface area contributed by atoms with Gasteiger partial charge in [-0.05, 0) is 39.3 Å². The summed E-state index contributed by atoms with van der Waals surface area (Å²) in [7, 11) is 0. The number of amides is 1. The van der Waals surface area contributed by atoms with E-state index >= 15 is 0 Å². The van der Waals surface area contributed by atoms with Gasteiger partial charge < -0.3 is 15.5 Å². The number of nitrogens with zero attached hydrogens (tertiary/aromatic N) is 2. The molecule has 1 fully saturated rings. The van der Waals surface area contributed by atoms with Crippen molar-refractivity contribution >= 4 is 11.7 Å². The van der Waals surface area contributed by atoms with E-state index in [2.05, 4.69) is 47.7 Å². The van der Waals surface area contributed by atoms with Crippen molar-refractivity contribution < 1.29 is 4.79 Å². The smallest absolute Gasteiger partial charge is 0.262 e. The van der Waals surface area contributed by atoms with Crippen molar-refractivity contribution in [3.8, 4) is 0 Å². The minimum Gasteiger partial charge on any atom is -0.380 e. The molecule has 2 rings (SSSR count). The van der Waals surface area contributed by atoms with Gasteiger partial charge in [0.25, 0.3) is 5.91 Å². The summed E-state index contributed by atoms with van der Waals surface area (Å²) >= 11 is 0. The van der Waals surface area contributed by atoms with Gasteiger partial charge in [0.2, 0.25) is 0 Å². The van der Waals surface area contributed by atoms with E-state index in [1.54, 1.807) is 0 Å². The van der Waals surface area contributed by atoms with Crippen LogP contribution < -0.4 is 16.1 Å². The van der Waals surface area contributed by atoms with Crippen molar-refractivity contribution in [1.29, 1.82) is 0 Å². The molecule has 0 aromatic rings. The summed E-state index contributed by atoms with van der Waals surface area (Å²) in [6.45, 7) is 16.1. The highest BCUT2D eigenvalue weighted by Gasteiger charge is 2.31. The molecule has 1 unspecified atom stereocenters. The van der Waals surface area contributed by atoms with Crippen molar-refractivity contribution in [2.24, 2.45) is 5.10 Å². The zero-order valence-corrected chi connectivity index (χ0v) is 15.4. The summed E-state index contributed by atoms with van der Waals surface area (Å²) < 4.78 is 0. The number of hydrazone groups is 1. The minimum absolute atomic E-state index is 0.103. The van der Waals surface area contributed by atoms with E-state index in [-0.39, 0.29) is 11.9 Å². The first-order valence-corrected chi connectivity index (χ1v) is 8.53.